The van der Waals surface area contributed by atoms with Crippen LogP contribution in [-0.4, -0.2) is 10.9 Å². The molecule has 7 heteroatoms. The molecule has 0 fully saturated rings. The predicted molar refractivity (Wildman–Crippen MR) is 95.3 cm³/mol. The third-order valence-electron chi connectivity index (χ3n) is 3.79. The molecule has 27 heavy (non-hydrogen) atoms. The highest BCUT2D eigenvalue weighted by molar-refractivity contribution is 5.79. The fourth-order valence-corrected chi connectivity index (χ4v) is 2.52. The standard InChI is InChI=1S/C20H12F3N3O/c21-20(22,23)17-11-18(15-9-5-2-6-10-15)26(19(27)16(17)12-24)25-13-14-7-3-1-4-8-14/h1-11,13H/b25-13-. The van der Waals surface area contributed by atoms with Gasteiger partial charge in [0.05, 0.1) is 17.5 Å². The second kappa shape index (κ2) is 7.30. The molecule has 1 heterocycles. The molecule has 3 rings (SSSR count). The van der Waals surface area contributed by atoms with Gasteiger partial charge in [-0.25, -0.2) is 0 Å². The molecule has 0 aliphatic heterocycles. The van der Waals surface area contributed by atoms with Gasteiger partial charge >= 0.3 is 6.18 Å². The van der Waals surface area contributed by atoms with E-state index in [9.17, 15) is 18.0 Å². The van der Waals surface area contributed by atoms with E-state index in [4.69, 9.17) is 5.26 Å². The first-order valence-corrected chi connectivity index (χ1v) is 7.84. The lowest BCUT2D eigenvalue weighted by atomic mass is 10.0. The van der Waals surface area contributed by atoms with E-state index in [-0.39, 0.29) is 5.69 Å². The molecule has 4 nitrogen and oxygen atoms in total. The Morgan fingerprint density at radius 3 is 2.15 bits per heavy atom. The third kappa shape index (κ3) is 3.80. The Balaban J connectivity index is 2.29. The molecule has 1 aromatic heterocycles. The van der Waals surface area contributed by atoms with Crippen molar-refractivity contribution in [2.75, 3.05) is 0 Å². The highest BCUT2D eigenvalue weighted by atomic mass is 19.4. The number of aromatic nitrogens is 1. The molecule has 134 valence electrons. The summed E-state index contributed by atoms with van der Waals surface area (Å²) in [5, 5.41) is 13.2. The lowest BCUT2D eigenvalue weighted by molar-refractivity contribution is -0.137. The van der Waals surface area contributed by atoms with Crippen molar-refractivity contribution in [3.8, 4) is 17.3 Å². The molecule has 0 saturated carbocycles. The van der Waals surface area contributed by atoms with E-state index in [1.54, 1.807) is 60.7 Å². The number of hydrogen-bond acceptors (Lipinski definition) is 3. The van der Waals surface area contributed by atoms with Gasteiger partial charge in [-0.1, -0.05) is 60.7 Å². The van der Waals surface area contributed by atoms with Gasteiger partial charge in [0.15, 0.2) is 0 Å². The van der Waals surface area contributed by atoms with Crippen LogP contribution >= 0.6 is 0 Å². The van der Waals surface area contributed by atoms with E-state index >= 15 is 0 Å². The molecule has 0 bridgehead atoms. The Hall–Kier alpha value is -3.66. The number of alkyl halides is 3. The number of halogens is 3. The smallest absolute Gasteiger partial charge is 0.266 e. The van der Waals surface area contributed by atoms with Crippen molar-refractivity contribution < 1.29 is 13.2 Å². The molecule has 0 atom stereocenters. The fourth-order valence-electron chi connectivity index (χ4n) is 2.52. The lowest BCUT2D eigenvalue weighted by Gasteiger charge is -2.14. The maximum atomic E-state index is 13.4. The van der Waals surface area contributed by atoms with E-state index in [1.165, 1.54) is 12.3 Å². The Labute approximate surface area is 152 Å². The maximum Gasteiger partial charge on any atom is 0.417 e. The van der Waals surface area contributed by atoms with Crippen molar-refractivity contribution in [2.24, 2.45) is 5.10 Å². The molecule has 0 amide bonds. The summed E-state index contributed by atoms with van der Waals surface area (Å²) in [4.78, 5) is 12.6. The van der Waals surface area contributed by atoms with Crippen LogP contribution in [0, 0.1) is 11.3 Å². The minimum absolute atomic E-state index is 0.0564. The van der Waals surface area contributed by atoms with Crippen molar-refractivity contribution in [2.45, 2.75) is 6.18 Å². The number of nitriles is 1. The molecule has 0 aliphatic rings. The van der Waals surface area contributed by atoms with Gasteiger partial charge in [-0.15, -0.1) is 0 Å². The van der Waals surface area contributed by atoms with Crippen molar-refractivity contribution in [3.05, 3.63) is 93.8 Å². The molecule has 0 N–H and O–H groups in total. The Morgan fingerprint density at radius 2 is 1.59 bits per heavy atom. The summed E-state index contributed by atoms with van der Waals surface area (Å²) >= 11 is 0. The van der Waals surface area contributed by atoms with Crippen LogP contribution in [0.3, 0.4) is 0 Å². The van der Waals surface area contributed by atoms with Gasteiger partial charge in [-0.3, -0.25) is 4.79 Å². The minimum atomic E-state index is -4.84. The monoisotopic (exact) mass is 367 g/mol. The number of nitrogens with zero attached hydrogens (tertiary/aromatic N) is 3. The highest BCUT2D eigenvalue weighted by Crippen LogP contribution is 2.33. The van der Waals surface area contributed by atoms with Crippen LogP contribution in [0.2, 0.25) is 0 Å². The molecule has 0 unspecified atom stereocenters. The average molecular weight is 367 g/mol. The highest BCUT2D eigenvalue weighted by Gasteiger charge is 2.36. The van der Waals surface area contributed by atoms with Gasteiger partial charge in [-0.05, 0) is 11.6 Å². The van der Waals surface area contributed by atoms with Crippen LogP contribution in [0.1, 0.15) is 16.7 Å². The SMILES string of the molecule is N#Cc1c(C(F)(F)F)cc(-c2ccccc2)n(/N=C\c2ccccc2)c1=O. The molecule has 0 saturated heterocycles. The van der Waals surface area contributed by atoms with Crippen LogP contribution in [0.4, 0.5) is 13.2 Å². The zero-order valence-electron chi connectivity index (χ0n) is 13.8. The molecule has 0 radical (unpaired) electrons. The quantitative estimate of drug-likeness (QED) is 0.649. The zero-order chi connectivity index (χ0) is 19.4. The molecular weight excluding hydrogens is 355 g/mol. The third-order valence-corrected chi connectivity index (χ3v) is 3.79. The lowest BCUT2D eigenvalue weighted by Crippen LogP contribution is -2.26. The van der Waals surface area contributed by atoms with Gasteiger partial charge in [0.2, 0.25) is 0 Å². The summed E-state index contributed by atoms with van der Waals surface area (Å²) in [6, 6.07) is 19.0. The number of rotatable bonds is 3. The molecule has 2 aromatic carbocycles. The van der Waals surface area contributed by atoms with Crippen molar-refractivity contribution in [3.63, 3.8) is 0 Å². The average Bonchev–Trinajstić information content (AvgIpc) is 2.67. The maximum absolute atomic E-state index is 13.4. The van der Waals surface area contributed by atoms with Crippen LogP contribution in [0.25, 0.3) is 11.3 Å². The van der Waals surface area contributed by atoms with Crippen LogP contribution in [-0.2, 0) is 6.18 Å². The normalized spacial score (nSPS) is 11.5. The Bertz CT molecular complexity index is 1080. The van der Waals surface area contributed by atoms with Crippen LogP contribution in [0.15, 0.2) is 76.6 Å². The Morgan fingerprint density at radius 1 is 1.00 bits per heavy atom. The molecule has 0 spiro atoms. The van der Waals surface area contributed by atoms with Gasteiger partial charge in [0.25, 0.3) is 5.56 Å². The number of hydrogen-bond donors (Lipinski definition) is 0. The Kier molecular flexibility index (Phi) is 4.90. The van der Waals surface area contributed by atoms with E-state index in [0.29, 0.717) is 11.1 Å². The first-order valence-electron chi connectivity index (χ1n) is 7.84. The van der Waals surface area contributed by atoms with E-state index in [2.05, 4.69) is 5.10 Å². The van der Waals surface area contributed by atoms with Gasteiger partial charge in [-0.2, -0.15) is 28.2 Å². The van der Waals surface area contributed by atoms with Gasteiger partial charge < -0.3 is 0 Å². The van der Waals surface area contributed by atoms with Crippen molar-refractivity contribution >= 4 is 6.21 Å². The van der Waals surface area contributed by atoms with Crippen molar-refractivity contribution in [1.82, 2.24) is 4.68 Å². The largest absolute Gasteiger partial charge is 0.417 e. The van der Waals surface area contributed by atoms with Crippen molar-refractivity contribution in [1.29, 1.82) is 5.26 Å². The van der Waals surface area contributed by atoms with E-state index < -0.39 is 22.9 Å². The zero-order valence-corrected chi connectivity index (χ0v) is 13.8. The topological polar surface area (TPSA) is 58.1 Å². The fraction of sp³-hybridized carbons (Fsp3) is 0.0500. The molecule has 0 aliphatic carbocycles. The van der Waals surface area contributed by atoms with E-state index in [0.717, 1.165) is 10.7 Å². The van der Waals surface area contributed by atoms with Gasteiger partial charge in [0.1, 0.15) is 11.6 Å². The number of benzene rings is 2. The summed E-state index contributed by atoms with van der Waals surface area (Å²) in [5.74, 6) is 0. The number of pyridine rings is 1. The summed E-state index contributed by atoms with van der Waals surface area (Å²) in [5.41, 5.74) is -2.43. The van der Waals surface area contributed by atoms with Crippen LogP contribution in [0.5, 0.6) is 0 Å². The molecule has 3 aromatic rings. The summed E-state index contributed by atoms with van der Waals surface area (Å²) in [6.45, 7) is 0. The second-order valence-electron chi connectivity index (χ2n) is 5.57. The summed E-state index contributed by atoms with van der Waals surface area (Å²) < 4.78 is 40.9. The van der Waals surface area contributed by atoms with Gasteiger partial charge in [0, 0.05) is 5.56 Å². The summed E-state index contributed by atoms with van der Waals surface area (Å²) in [6.07, 6.45) is -3.49. The second-order valence-corrected chi connectivity index (χ2v) is 5.57. The predicted octanol–water partition coefficient (Wildman–Crippen LogP) is 4.29. The first-order chi connectivity index (χ1) is 12.9. The van der Waals surface area contributed by atoms with E-state index in [1.807, 2.05) is 0 Å². The molecular formula is C20H12F3N3O. The minimum Gasteiger partial charge on any atom is -0.266 e. The summed E-state index contributed by atoms with van der Waals surface area (Å²) in [7, 11) is 0. The first kappa shape index (κ1) is 18.1. The van der Waals surface area contributed by atoms with Crippen LogP contribution < -0.4 is 5.56 Å².